The van der Waals surface area contributed by atoms with E-state index in [1.54, 1.807) is 11.3 Å². The van der Waals surface area contributed by atoms with Crippen LogP contribution in [0, 0.1) is 11.8 Å². The van der Waals surface area contributed by atoms with Crippen LogP contribution >= 0.6 is 11.3 Å². The molecule has 1 atom stereocenters. The van der Waals surface area contributed by atoms with Crippen LogP contribution in [0.1, 0.15) is 79.3 Å². The van der Waals surface area contributed by atoms with Gasteiger partial charge in [-0.3, -0.25) is 4.90 Å². The SMILES string of the molecule is C=C(C(C)C)C1CCN(Cc2csc(NCC3CCCN3)n2)CC1.CC.CCC. The van der Waals surface area contributed by atoms with Gasteiger partial charge in [0.15, 0.2) is 5.13 Å². The summed E-state index contributed by atoms with van der Waals surface area (Å²) >= 11 is 1.74. The van der Waals surface area contributed by atoms with Crippen LogP contribution in [0.2, 0.25) is 0 Å². The highest BCUT2D eigenvalue weighted by Gasteiger charge is 2.23. The molecule has 3 rings (SSSR count). The molecule has 5 heteroatoms. The zero-order valence-corrected chi connectivity index (χ0v) is 20.7. The quantitative estimate of drug-likeness (QED) is 0.515. The lowest BCUT2D eigenvalue weighted by Crippen LogP contribution is -2.34. The van der Waals surface area contributed by atoms with Crippen molar-refractivity contribution in [1.82, 2.24) is 15.2 Å². The van der Waals surface area contributed by atoms with Gasteiger partial charge in [0, 0.05) is 24.5 Å². The van der Waals surface area contributed by atoms with Gasteiger partial charge in [-0.05, 0) is 57.2 Å². The minimum atomic E-state index is 0.614. The third-order valence-electron chi connectivity index (χ3n) is 5.45. The number of nitrogens with zero attached hydrogens (tertiary/aromatic N) is 2. The van der Waals surface area contributed by atoms with E-state index in [4.69, 9.17) is 4.98 Å². The molecule has 0 saturated carbocycles. The van der Waals surface area contributed by atoms with Crippen LogP contribution in [0.4, 0.5) is 5.13 Å². The summed E-state index contributed by atoms with van der Waals surface area (Å²) in [6.07, 6.45) is 6.33. The highest BCUT2D eigenvalue weighted by molar-refractivity contribution is 7.13. The summed E-state index contributed by atoms with van der Waals surface area (Å²) in [7, 11) is 0. The lowest BCUT2D eigenvalue weighted by Gasteiger charge is -2.33. The zero-order chi connectivity index (χ0) is 21.6. The van der Waals surface area contributed by atoms with Gasteiger partial charge >= 0.3 is 0 Å². The van der Waals surface area contributed by atoms with E-state index in [-0.39, 0.29) is 0 Å². The molecule has 29 heavy (non-hydrogen) atoms. The zero-order valence-electron chi connectivity index (χ0n) is 19.9. The Balaban J connectivity index is 0.000000771. The highest BCUT2D eigenvalue weighted by atomic mass is 32.1. The normalized spacial score (nSPS) is 19.9. The smallest absolute Gasteiger partial charge is 0.182 e. The number of thiazole rings is 1. The van der Waals surface area contributed by atoms with Gasteiger partial charge in [0.25, 0.3) is 0 Å². The molecule has 0 aromatic carbocycles. The molecule has 0 aliphatic carbocycles. The molecular formula is C24H46N4S. The van der Waals surface area contributed by atoms with E-state index in [1.165, 1.54) is 56.5 Å². The maximum atomic E-state index is 4.77. The van der Waals surface area contributed by atoms with E-state index in [0.29, 0.717) is 17.9 Å². The average Bonchev–Trinajstić information content (AvgIpc) is 3.40. The first-order chi connectivity index (χ1) is 14.0. The van der Waals surface area contributed by atoms with Gasteiger partial charge in [-0.1, -0.05) is 60.1 Å². The largest absolute Gasteiger partial charge is 0.360 e. The highest BCUT2D eigenvalue weighted by Crippen LogP contribution is 2.29. The van der Waals surface area contributed by atoms with Crippen molar-refractivity contribution in [3.05, 3.63) is 23.2 Å². The molecule has 3 heterocycles. The number of aromatic nitrogens is 1. The Kier molecular flexibility index (Phi) is 13.5. The summed E-state index contributed by atoms with van der Waals surface area (Å²) in [6, 6.07) is 0.616. The summed E-state index contributed by atoms with van der Waals surface area (Å²) < 4.78 is 0. The molecule has 1 aromatic rings. The van der Waals surface area contributed by atoms with Crippen LogP contribution in [0.25, 0.3) is 0 Å². The molecular weight excluding hydrogens is 376 g/mol. The molecule has 168 valence electrons. The Morgan fingerprint density at radius 3 is 2.48 bits per heavy atom. The lowest BCUT2D eigenvalue weighted by molar-refractivity contribution is 0.186. The third-order valence-corrected chi connectivity index (χ3v) is 6.30. The minimum Gasteiger partial charge on any atom is -0.360 e. The number of hydrogen-bond donors (Lipinski definition) is 2. The van der Waals surface area contributed by atoms with Crippen LogP contribution in [0.15, 0.2) is 17.5 Å². The Bertz CT molecular complexity index is 541. The molecule has 0 spiro atoms. The molecule has 4 nitrogen and oxygen atoms in total. The fourth-order valence-corrected chi connectivity index (χ4v) is 4.48. The first kappa shape index (κ1) is 26.1. The fraction of sp³-hybridized carbons (Fsp3) is 0.792. The summed E-state index contributed by atoms with van der Waals surface area (Å²) in [6.45, 7) is 22.6. The molecule has 0 radical (unpaired) electrons. The molecule has 2 saturated heterocycles. The van der Waals surface area contributed by atoms with Crippen molar-refractivity contribution in [2.75, 3.05) is 31.5 Å². The number of rotatable bonds is 7. The van der Waals surface area contributed by atoms with Gasteiger partial charge in [-0.25, -0.2) is 4.98 Å². The van der Waals surface area contributed by atoms with Gasteiger partial charge in [0.05, 0.1) is 5.69 Å². The molecule has 2 N–H and O–H groups in total. The number of anilines is 1. The summed E-state index contributed by atoms with van der Waals surface area (Å²) in [5, 5.41) is 10.3. The second-order valence-corrected chi connectivity index (χ2v) is 9.16. The second-order valence-electron chi connectivity index (χ2n) is 8.31. The molecule has 1 unspecified atom stereocenters. The first-order valence-electron chi connectivity index (χ1n) is 11.9. The fourth-order valence-electron chi connectivity index (χ4n) is 3.76. The first-order valence-corrected chi connectivity index (χ1v) is 12.7. The van der Waals surface area contributed by atoms with Crippen molar-refractivity contribution in [3.63, 3.8) is 0 Å². The van der Waals surface area contributed by atoms with Crippen molar-refractivity contribution < 1.29 is 0 Å². The lowest BCUT2D eigenvalue weighted by atomic mass is 9.84. The van der Waals surface area contributed by atoms with Gasteiger partial charge in [0.2, 0.25) is 0 Å². The van der Waals surface area contributed by atoms with Crippen LogP contribution in [-0.2, 0) is 6.54 Å². The van der Waals surface area contributed by atoms with Crippen molar-refractivity contribution >= 4 is 16.5 Å². The van der Waals surface area contributed by atoms with Crippen LogP contribution in [0.5, 0.6) is 0 Å². The third kappa shape index (κ3) is 9.63. The maximum Gasteiger partial charge on any atom is 0.182 e. The van der Waals surface area contributed by atoms with Crippen molar-refractivity contribution in [3.8, 4) is 0 Å². The monoisotopic (exact) mass is 422 g/mol. The van der Waals surface area contributed by atoms with Crippen LogP contribution in [-0.4, -0.2) is 42.1 Å². The second kappa shape index (κ2) is 15.0. The van der Waals surface area contributed by atoms with E-state index in [9.17, 15) is 0 Å². The summed E-state index contributed by atoms with van der Waals surface area (Å²) in [5.74, 6) is 1.33. The Hall–Kier alpha value is -0.910. The van der Waals surface area contributed by atoms with Crippen molar-refractivity contribution in [2.45, 2.75) is 86.2 Å². The summed E-state index contributed by atoms with van der Waals surface area (Å²) in [4.78, 5) is 7.31. The predicted octanol–water partition coefficient (Wildman–Crippen LogP) is 6.17. The van der Waals surface area contributed by atoms with Gasteiger partial charge in [-0.2, -0.15) is 0 Å². The van der Waals surface area contributed by atoms with E-state index in [0.717, 1.165) is 24.8 Å². The Morgan fingerprint density at radius 2 is 1.93 bits per heavy atom. The van der Waals surface area contributed by atoms with Crippen LogP contribution in [0.3, 0.4) is 0 Å². The van der Waals surface area contributed by atoms with Gasteiger partial charge in [0.1, 0.15) is 0 Å². The molecule has 0 bridgehead atoms. The molecule has 2 fully saturated rings. The van der Waals surface area contributed by atoms with Crippen molar-refractivity contribution in [1.29, 1.82) is 0 Å². The number of allylic oxidation sites excluding steroid dienone is 1. The van der Waals surface area contributed by atoms with E-state index >= 15 is 0 Å². The number of piperidine rings is 1. The van der Waals surface area contributed by atoms with E-state index in [1.807, 2.05) is 13.8 Å². The Labute approximate surface area is 184 Å². The van der Waals surface area contributed by atoms with E-state index < -0.39 is 0 Å². The van der Waals surface area contributed by atoms with Crippen LogP contribution < -0.4 is 10.6 Å². The van der Waals surface area contributed by atoms with Crippen molar-refractivity contribution in [2.24, 2.45) is 11.8 Å². The summed E-state index contributed by atoms with van der Waals surface area (Å²) in [5.41, 5.74) is 2.65. The number of nitrogens with one attached hydrogen (secondary N) is 2. The minimum absolute atomic E-state index is 0.614. The molecule has 1 aromatic heterocycles. The molecule has 0 amide bonds. The topological polar surface area (TPSA) is 40.2 Å². The van der Waals surface area contributed by atoms with Gasteiger partial charge < -0.3 is 10.6 Å². The molecule has 2 aliphatic rings. The molecule has 2 aliphatic heterocycles. The van der Waals surface area contributed by atoms with E-state index in [2.05, 4.69) is 55.2 Å². The predicted molar refractivity (Wildman–Crippen MR) is 131 cm³/mol. The number of likely N-dealkylation sites (tertiary alicyclic amines) is 1. The Morgan fingerprint density at radius 1 is 1.28 bits per heavy atom. The standard InChI is InChI=1S/C19H32N4S.C3H8.C2H6/c1-14(2)15(3)16-6-9-23(10-7-16)12-18-13-24-19(22-18)21-11-17-5-4-8-20-17;1-3-2;1-2/h13-14,16-17,20H,3-12H2,1-2H3,(H,21,22);3H2,1-2H3;1-2H3. The maximum absolute atomic E-state index is 4.77. The van der Waals surface area contributed by atoms with Gasteiger partial charge in [-0.15, -0.1) is 11.3 Å². The number of hydrogen-bond acceptors (Lipinski definition) is 5. The average molecular weight is 423 g/mol.